The fourth-order valence-corrected chi connectivity index (χ4v) is 3.57. The van der Waals surface area contributed by atoms with Crippen molar-refractivity contribution in [2.45, 2.75) is 43.9 Å². The molecule has 2 saturated carbocycles. The molecule has 2 aromatic rings. The third-order valence-corrected chi connectivity index (χ3v) is 5.19. The molecule has 25 heavy (non-hydrogen) atoms. The van der Waals surface area contributed by atoms with E-state index >= 15 is 0 Å². The molecular formula is C19H23N3O3. The van der Waals surface area contributed by atoms with Gasteiger partial charge in [-0.1, -0.05) is 0 Å². The number of aliphatic hydroxyl groups excluding tert-OH is 1. The summed E-state index contributed by atoms with van der Waals surface area (Å²) in [6.45, 7) is 0. The van der Waals surface area contributed by atoms with Crippen LogP contribution in [0, 0.1) is 5.92 Å². The molecular weight excluding hydrogens is 318 g/mol. The second-order valence-electron chi connectivity index (χ2n) is 7.03. The van der Waals surface area contributed by atoms with E-state index in [-0.39, 0.29) is 24.0 Å². The third-order valence-electron chi connectivity index (χ3n) is 5.19. The smallest absolute Gasteiger partial charge is 0.268 e. The molecule has 1 unspecified atom stereocenters. The lowest BCUT2D eigenvalue weighted by atomic mass is 9.75. The topological polar surface area (TPSA) is 76.4 Å². The van der Waals surface area contributed by atoms with Gasteiger partial charge in [0, 0.05) is 18.4 Å². The lowest BCUT2D eigenvalue weighted by Gasteiger charge is -2.38. The van der Waals surface area contributed by atoms with Crippen molar-refractivity contribution in [2.24, 2.45) is 5.92 Å². The highest BCUT2D eigenvalue weighted by Gasteiger charge is 2.37. The van der Waals surface area contributed by atoms with Gasteiger partial charge < -0.3 is 19.7 Å². The minimum Gasteiger partial charge on any atom is -0.495 e. The maximum atomic E-state index is 12.9. The van der Waals surface area contributed by atoms with Gasteiger partial charge >= 0.3 is 0 Å². The molecule has 0 bridgehead atoms. The summed E-state index contributed by atoms with van der Waals surface area (Å²) in [5.74, 6) is 0.793. The van der Waals surface area contributed by atoms with Crippen molar-refractivity contribution < 1.29 is 14.6 Å². The summed E-state index contributed by atoms with van der Waals surface area (Å²) in [4.78, 5) is 17.1. The number of rotatable bonds is 6. The van der Waals surface area contributed by atoms with Gasteiger partial charge in [0.25, 0.3) is 5.91 Å². The number of aromatic nitrogens is 2. The number of carbonyl (C=O) groups is 1. The molecule has 4 rings (SSSR count). The Bertz CT molecular complexity index is 763. The zero-order valence-electron chi connectivity index (χ0n) is 14.3. The Balaban J connectivity index is 1.57. The van der Waals surface area contributed by atoms with Gasteiger partial charge in [-0.2, -0.15) is 0 Å². The SMILES string of the molecule is COc1cncc(C(NC(=O)c2cccn2C2CC2)C2CC(O)C2)c1. The first-order valence-electron chi connectivity index (χ1n) is 8.80. The molecule has 6 nitrogen and oxygen atoms in total. The lowest BCUT2D eigenvalue weighted by Crippen LogP contribution is -2.41. The molecule has 0 spiro atoms. The fourth-order valence-electron chi connectivity index (χ4n) is 3.57. The average Bonchev–Trinajstić information content (AvgIpc) is 3.33. The molecule has 2 heterocycles. The van der Waals surface area contributed by atoms with Gasteiger partial charge in [-0.05, 0) is 55.4 Å². The Labute approximate surface area is 146 Å². The van der Waals surface area contributed by atoms with Gasteiger partial charge in [-0.25, -0.2) is 0 Å². The van der Waals surface area contributed by atoms with Gasteiger partial charge in [0.1, 0.15) is 11.4 Å². The van der Waals surface area contributed by atoms with Gasteiger partial charge in [0.2, 0.25) is 0 Å². The Morgan fingerprint density at radius 1 is 1.40 bits per heavy atom. The number of carbonyl (C=O) groups excluding carboxylic acids is 1. The van der Waals surface area contributed by atoms with Crippen molar-refractivity contribution in [2.75, 3.05) is 7.11 Å². The number of ether oxygens (including phenoxy) is 1. The maximum absolute atomic E-state index is 12.9. The number of nitrogens with zero attached hydrogens (tertiary/aromatic N) is 2. The van der Waals surface area contributed by atoms with Crippen molar-refractivity contribution >= 4 is 5.91 Å². The molecule has 1 atom stereocenters. The molecule has 0 aliphatic heterocycles. The second kappa shape index (κ2) is 6.52. The molecule has 2 fully saturated rings. The van der Waals surface area contributed by atoms with Crippen LogP contribution in [0.2, 0.25) is 0 Å². The number of aliphatic hydroxyl groups is 1. The van der Waals surface area contributed by atoms with E-state index in [1.165, 1.54) is 0 Å². The highest BCUT2D eigenvalue weighted by Crippen LogP contribution is 2.39. The number of hydrogen-bond acceptors (Lipinski definition) is 4. The normalized spacial score (nSPS) is 23.6. The zero-order chi connectivity index (χ0) is 17.4. The third kappa shape index (κ3) is 3.26. The van der Waals surface area contributed by atoms with E-state index in [4.69, 9.17) is 4.74 Å². The molecule has 6 heteroatoms. The summed E-state index contributed by atoms with van der Waals surface area (Å²) in [6, 6.07) is 5.97. The predicted molar refractivity (Wildman–Crippen MR) is 92.4 cm³/mol. The van der Waals surface area contributed by atoms with Crippen LogP contribution in [0.4, 0.5) is 0 Å². The van der Waals surface area contributed by atoms with Crippen LogP contribution in [0.3, 0.4) is 0 Å². The predicted octanol–water partition coefficient (Wildman–Crippen LogP) is 2.47. The van der Waals surface area contributed by atoms with Gasteiger partial charge in [-0.15, -0.1) is 0 Å². The lowest BCUT2D eigenvalue weighted by molar-refractivity contribution is 0.0233. The Morgan fingerprint density at radius 2 is 2.20 bits per heavy atom. The van der Waals surface area contributed by atoms with Crippen LogP contribution in [-0.4, -0.2) is 33.8 Å². The second-order valence-corrected chi connectivity index (χ2v) is 7.03. The van der Waals surface area contributed by atoms with Crippen molar-refractivity contribution in [1.82, 2.24) is 14.9 Å². The summed E-state index contributed by atoms with van der Waals surface area (Å²) in [5.41, 5.74) is 1.61. The zero-order valence-corrected chi connectivity index (χ0v) is 14.3. The highest BCUT2D eigenvalue weighted by atomic mass is 16.5. The summed E-state index contributed by atoms with van der Waals surface area (Å²) < 4.78 is 7.33. The number of methoxy groups -OCH3 is 1. The molecule has 2 aromatic heterocycles. The quantitative estimate of drug-likeness (QED) is 0.846. The van der Waals surface area contributed by atoms with Crippen LogP contribution in [0.5, 0.6) is 5.75 Å². The van der Waals surface area contributed by atoms with Gasteiger partial charge in [0.15, 0.2) is 0 Å². The van der Waals surface area contributed by atoms with E-state index < -0.39 is 0 Å². The minimum absolute atomic E-state index is 0.0777. The average molecular weight is 341 g/mol. The van der Waals surface area contributed by atoms with Crippen LogP contribution in [-0.2, 0) is 0 Å². The number of pyridine rings is 1. The molecule has 132 valence electrons. The van der Waals surface area contributed by atoms with Crippen molar-refractivity contribution in [1.29, 1.82) is 0 Å². The van der Waals surface area contributed by atoms with Gasteiger partial charge in [-0.3, -0.25) is 9.78 Å². The van der Waals surface area contributed by atoms with Crippen molar-refractivity contribution in [3.8, 4) is 5.75 Å². The van der Waals surface area contributed by atoms with Crippen LogP contribution in [0.15, 0.2) is 36.8 Å². The van der Waals surface area contributed by atoms with Crippen molar-refractivity contribution in [3.05, 3.63) is 48.0 Å². The first-order chi connectivity index (χ1) is 12.2. The first-order valence-corrected chi connectivity index (χ1v) is 8.80. The minimum atomic E-state index is -0.279. The fraction of sp³-hybridized carbons (Fsp3) is 0.474. The van der Waals surface area contributed by atoms with Gasteiger partial charge in [0.05, 0.1) is 25.5 Å². The highest BCUT2D eigenvalue weighted by molar-refractivity contribution is 5.93. The molecule has 0 radical (unpaired) electrons. The molecule has 2 aliphatic rings. The molecule has 2 N–H and O–H groups in total. The first kappa shape index (κ1) is 16.1. The molecule has 0 saturated heterocycles. The van der Waals surface area contributed by atoms with Crippen molar-refractivity contribution in [3.63, 3.8) is 0 Å². The summed E-state index contributed by atoms with van der Waals surface area (Å²) in [7, 11) is 1.60. The largest absolute Gasteiger partial charge is 0.495 e. The molecule has 2 aliphatic carbocycles. The summed E-state index contributed by atoms with van der Waals surface area (Å²) >= 11 is 0. The maximum Gasteiger partial charge on any atom is 0.268 e. The Kier molecular flexibility index (Phi) is 4.21. The van der Waals surface area contributed by atoms with E-state index in [0.29, 0.717) is 30.3 Å². The Hall–Kier alpha value is -2.34. The monoisotopic (exact) mass is 341 g/mol. The van der Waals surface area contributed by atoms with E-state index in [9.17, 15) is 9.90 Å². The molecule has 1 amide bonds. The molecule has 0 aromatic carbocycles. The number of amides is 1. The standard InChI is InChI=1S/C19H23N3O3/c1-25-16-9-13(10-20-11-16)18(12-7-15(23)8-12)21-19(24)17-3-2-6-22(17)14-4-5-14/h2-3,6,9-12,14-15,18,23H,4-5,7-8H2,1H3,(H,21,24). The summed E-state index contributed by atoms with van der Waals surface area (Å²) in [6.07, 6.45) is 8.74. The van der Waals surface area contributed by atoms with Crippen LogP contribution in [0.25, 0.3) is 0 Å². The van der Waals surface area contributed by atoms with E-state index in [2.05, 4.69) is 14.9 Å². The van der Waals surface area contributed by atoms with Crippen LogP contribution < -0.4 is 10.1 Å². The van der Waals surface area contributed by atoms with Crippen LogP contribution in [0.1, 0.15) is 53.8 Å². The van der Waals surface area contributed by atoms with E-state index in [1.807, 2.05) is 24.4 Å². The Morgan fingerprint density at radius 3 is 2.88 bits per heavy atom. The van der Waals surface area contributed by atoms with E-state index in [1.54, 1.807) is 19.5 Å². The van der Waals surface area contributed by atoms with Crippen LogP contribution >= 0.6 is 0 Å². The van der Waals surface area contributed by atoms with E-state index in [0.717, 1.165) is 18.4 Å². The number of nitrogens with one attached hydrogen (secondary N) is 1. The summed E-state index contributed by atoms with van der Waals surface area (Å²) in [5, 5.41) is 12.9. The number of hydrogen-bond donors (Lipinski definition) is 2.